The molecule has 0 aromatic rings. The molecule has 0 saturated heterocycles. The van der Waals surface area contributed by atoms with Crippen LogP contribution < -0.4 is 0 Å². The molecule has 7 atom stereocenters. The van der Waals surface area contributed by atoms with Crippen molar-refractivity contribution in [1.29, 1.82) is 0 Å². The van der Waals surface area contributed by atoms with Crippen molar-refractivity contribution < 1.29 is 80.2 Å². The Balaban J connectivity index is 5.20. The molecule has 4 unspecified atom stereocenters. The van der Waals surface area contributed by atoms with Crippen molar-refractivity contribution in [2.75, 3.05) is 39.6 Å². The highest BCUT2D eigenvalue weighted by Gasteiger charge is 2.31. The summed E-state index contributed by atoms with van der Waals surface area (Å²) >= 11 is 0. The molecule has 0 amide bonds. The molecule has 19 heteroatoms. The molecule has 0 aliphatic carbocycles. The van der Waals surface area contributed by atoms with Crippen molar-refractivity contribution in [1.82, 2.24) is 0 Å². The molecule has 0 spiro atoms. The molecule has 0 aromatic carbocycles. The van der Waals surface area contributed by atoms with Crippen LogP contribution in [-0.2, 0) is 65.4 Å². The summed E-state index contributed by atoms with van der Waals surface area (Å²) in [4.78, 5) is 73.2. The fourth-order valence-electron chi connectivity index (χ4n) is 13.7. The normalized spacial score (nSPS) is 14.3. The largest absolute Gasteiger partial charge is 0.472 e. The van der Waals surface area contributed by atoms with Gasteiger partial charge in [-0.1, -0.05) is 420 Å². The first-order chi connectivity index (χ1) is 51.9. The Labute approximate surface area is 658 Å². The molecular formula is C88H172O17P2. The molecule has 0 aliphatic heterocycles. The number of carbonyl (C=O) groups excluding carboxylic acids is 4. The first-order valence-corrected chi connectivity index (χ1v) is 48.6. The predicted octanol–water partition coefficient (Wildman–Crippen LogP) is 27.0. The van der Waals surface area contributed by atoms with Crippen molar-refractivity contribution in [3.8, 4) is 0 Å². The quantitative estimate of drug-likeness (QED) is 0.0222. The number of ether oxygens (including phenoxy) is 4. The Morgan fingerprint density at radius 1 is 0.262 bits per heavy atom. The van der Waals surface area contributed by atoms with E-state index in [-0.39, 0.29) is 25.7 Å². The van der Waals surface area contributed by atoms with Crippen molar-refractivity contribution in [2.45, 2.75) is 490 Å². The number of aliphatic hydroxyl groups is 1. The smallest absolute Gasteiger partial charge is 0.462 e. The lowest BCUT2D eigenvalue weighted by atomic mass is 9.99. The van der Waals surface area contributed by atoms with Gasteiger partial charge in [-0.25, -0.2) is 9.13 Å². The molecule has 3 N–H and O–H groups in total. The van der Waals surface area contributed by atoms with Gasteiger partial charge in [0.15, 0.2) is 12.2 Å². The summed E-state index contributed by atoms with van der Waals surface area (Å²) in [5.74, 6) is -0.355. The third-order valence-corrected chi connectivity index (χ3v) is 23.3. The number of esters is 4. The van der Waals surface area contributed by atoms with E-state index in [0.29, 0.717) is 25.7 Å². The van der Waals surface area contributed by atoms with Crippen LogP contribution in [0.2, 0.25) is 0 Å². The lowest BCUT2D eigenvalue weighted by Crippen LogP contribution is -2.30. The summed E-state index contributed by atoms with van der Waals surface area (Å²) in [6.07, 6.45) is 72.2. The summed E-state index contributed by atoms with van der Waals surface area (Å²) < 4.78 is 68.9. The van der Waals surface area contributed by atoms with E-state index >= 15 is 0 Å². The molecule has 107 heavy (non-hydrogen) atoms. The zero-order valence-corrected chi connectivity index (χ0v) is 72.2. The second kappa shape index (κ2) is 79.3. The Morgan fingerprint density at radius 3 is 0.664 bits per heavy atom. The van der Waals surface area contributed by atoms with E-state index in [1.807, 2.05) is 0 Å². The number of aliphatic hydroxyl groups excluding tert-OH is 1. The molecule has 0 fully saturated rings. The van der Waals surface area contributed by atoms with Gasteiger partial charge in [-0.15, -0.1) is 0 Å². The predicted molar refractivity (Wildman–Crippen MR) is 442 cm³/mol. The lowest BCUT2D eigenvalue weighted by Gasteiger charge is -2.21. The number of carbonyl (C=O) groups is 4. The SMILES string of the molecule is CCCCCCCCCCCCCCCC(=O)O[C@H](COC(=O)CCCCCCCCCCCC)COP(=O)(O)OC[C@H](O)COP(=O)(O)OC[C@@H](COC(=O)CCCCCCCCCCCCCCCCCCCCC(C)CC)OC(=O)CCCCCCCCCCCCCCCCCCCCC(C)CC. The molecule has 0 rings (SSSR count). The number of hydrogen-bond donors (Lipinski definition) is 3. The van der Waals surface area contributed by atoms with Gasteiger partial charge in [0, 0.05) is 25.7 Å². The maximum Gasteiger partial charge on any atom is 0.472 e. The monoisotopic (exact) mass is 1560 g/mol. The van der Waals surface area contributed by atoms with Crippen molar-refractivity contribution >= 4 is 39.5 Å². The average molecular weight is 1560 g/mol. The van der Waals surface area contributed by atoms with Crippen LogP contribution in [0.5, 0.6) is 0 Å². The van der Waals surface area contributed by atoms with E-state index in [4.69, 9.17) is 37.0 Å². The molecule has 0 bridgehead atoms. The highest BCUT2D eigenvalue weighted by Crippen LogP contribution is 2.45. The van der Waals surface area contributed by atoms with E-state index in [1.165, 1.54) is 289 Å². The summed E-state index contributed by atoms with van der Waals surface area (Å²) in [7, 11) is -9.93. The fraction of sp³-hybridized carbons (Fsp3) is 0.955. The van der Waals surface area contributed by atoms with Gasteiger partial charge >= 0.3 is 39.5 Å². The summed E-state index contributed by atoms with van der Waals surface area (Å²) in [6.45, 7) is 9.81. The first kappa shape index (κ1) is 105. The van der Waals surface area contributed by atoms with Crippen LogP contribution in [0.25, 0.3) is 0 Å². The van der Waals surface area contributed by atoms with E-state index in [2.05, 4.69) is 41.5 Å². The zero-order chi connectivity index (χ0) is 78.5. The van der Waals surface area contributed by atoms with Crippen LogP contribution >= 0.6 is 15.6 Å². The standard InChI is InChI=1S/C88H172O17P2/c1-7-11-13-15-17-19-21-34-42-48-54-60-66-72-87(92)104-83(76-98-85(90)70-64-58-52-46-20-18-16-14-12-8-2)78-102-106(94,95)100-74-82(89)75-101-107(96,97)103-79-84(105-88(93)73-67-61-55-49-43-38-33-29-25-23-27-31-36-40-45-51-57-63-69-81(6)10-4)77-99-86(91)71-65-59-53-47-41-37-32-28-24-22-26-30-35-39-44-50-56-62-68-80(5)9-3/h80-84,89H,7-79H2,1-6H3,(H,94,95)(H,96,97)/t80?,81?,82-,83+,84+/m0/s1. The van der Waals surface area contributed by atoms with E-state index < -0.39 is 97.5 Å². The number of hydrogen-bond acceptors (Lipinski definition) is 15. The highest BCUT2D eigenvalue weighted by atomic mass is 31.2. The van der Waals surface area contributed by atoms with Gasteiger partial charge in [-0.3, -0.25) is 37.3 Å². The van der Waals surface area contributed by atoms with Crippen molar-refractivity contribution in [3.05, 3.63) is 0 Å². The van der Waals surface area contributed by atoms with Gasteiger partial charge in [-0.05, 0) is 37.5 Å². The molecule has 636 valence electrons. The molecule has 0 aromatic heterocycles. The molecule has 17 nitrogen and oxygen atoms in total. The molecule has 0 saturated carbocycles. The van der Waals surface area contributed by atoms with Crippen molar-refractivity contribution in [2.24, 2.45) is 11.8 Å². The minimum atomic E-state index is -4.97. The zero-order valence-electron chi connectivity index (χ0n) is 70.5. The second-order valence-electron chi connectivity index (χ2n) is 32.1. The second-order valence-corrected chi connectivity index (χ2v) is 35.0. The molecule has 0 radical (unpaired) electrons. The van der Waals surface area contributed by atoms with Crippen LogP contribution in [0.1, 0.15) is 472 Å². The third kappa shape index (κ3) is 79.1. The topological polar surface area (TPSA) is 237 Å². The minimum Gasteiger partial charge on any atom is -0.462 e. The Bertz CT molecular complexity index is 2050. The van der Waals surface area contributed by atoms with Gasteiger partial charge in [0.25, 0.3) is 0 Å². The van der Waals surface area contributed by atoms with Gasteiger partial charge in [0.05, 0.1) is 26.4 Å². The van der Waals surface area contributed by atoms with Gasteiger partial charge < -0.3 is 33.8 Å². The first-order valence-electron chi connectivity index (χ1n) is 45.6. The Hall–Kier alpha value is -1.94. The van der Waals surface area contributed by atoms with E-state index in [9.17, 15) is 43.2 Å². The molecule has 0 aliphatic rings. The number of phosphoric acid groups is 2. The Morgan fingerprint density at radius 2 is 0.449 bits per heavy atom. The van der Waals surface area contributed by atoms with Crippen LogP contribution in [-0.4, -0.2) is 96.7 Å². The fourth-order valence-corrected chi connectivity index (χ4v) is 15.3. The molecule has 0 heterocycles. The van der Waals surface area contributed by atoms with Gasteiger partial charge in [0.2, 0.25) is 0 Å². The average Bonchev–Trinajstić information content (AvgIpc) is 0.900. The van der Waals surface area contributed by atoms with Crippen molar-refractivity contribution in [3.63, 3.8) is 0 Å². The maximum absolute atomic E-state index is 13.2. The van der Waals surface area contributed by atoms with Gasteiger partial charge in [-0.2, -0.15) is 0 Å². The van der Waals surface area contributed by atoms with Gasteiger partial charge in [0.1, 0.15) is 19.3 Å². The highest BCUT2D eigenvalue weighted by molar-refractivity contribution is 7.47. The summed E-state index contributed by atoms with van der Waals surface area (Å²) in [6, 6.07) is 0. The third-order valence-electron chi connectivity index (χ3n) is 21.4. The lowest BCUT2D eigenvalue weighted by molar-refractivity contribution is -0.161. The maximum atomic E-state index is 13.2. The van der Waals surface area contributed by atoms with E-state index in [0.717, 1.165) is 102 Å². The minimum absolute atomic E-state index is 0.108. The Kier molecular flexibility index (Phi) is 77.9. The van der Waals surface area contributed by atoms with Crippen LogP contribution in [0.4, 0.5) is 0 Å². The molecular weight excluding hydrogens is 1390 g/mol. The number of rotatable bonds is 87. The number of phosphoric ester groups is 2. The summed E-state index contributed by atoms with van der Waals surface area (Å²) in [5.41, 5.74) is 0. The summed E-state index contributed by atoms with van der Waals surface area (Å²) in [5, 5.41) is 10.7. The van der Waals surface area contributed by atoms with Crippen LogP contribution in [0.15, 0.2) is 0 Å². The van der Waals surface area contributed by atoms with Crippen LogP contribution in [0, 0.1) is 11.8 Å². The van der Waals surface area contributed by atoms with E-state index in [1.54, 1.807) is 0 Å². The van der Waals surface area contributed by atoms with Crippen LogP contribution in [0.3, 0.4) is 0 Å². The number of unbranched alkanes of at least 4 members (excludes halogenated alkanes) is 55.